The molecule has 3 heterocycles. The van der Waals surface area contributed by atoms with Gasteiger partial charge in [0.05, 0.1) is 37.3 Å². The van der Waals surface area contributed by atoms with Gasteiger partial charge in [-0.05, 0) is 30.7 Å². The van der Waals surface area contributed by atoms with E-state index in [1.807, 2.05) is 18.2 Å². The lowest BCUT2D eigenvalue weighted by Crippen LogP contribution is -2.38. The molecule has 0 spiro atoms. The van der Waals surface area contributed by atoms with E-state index in [0.717, 1.165) is 32.1 Å². The summed E-state index contributed by atoms with van der Waals surface area (Å²) in [6.07, 6.45) is 0.730. The van der Waals surface area contributed by atoms with Gasteiger partial charge < -0.3 is 18.8 Å². The van der Waals surface area contributed by atoms with E-state index >= 15 is 0 Å². The second-order valence-corrected chi connectivity index (χ2v) is 8.27. The molecule has 0 radical (unpaired) electrons. The molecule has 0 aliphatic carbocycles. The van der Waals surface area contributed by atoms with E-state index in [0.29, 0.717) is 31.1 Å². The van der Waals surface area contributed by atoms with E-state index in [-0.39, 0.29) is 28.2 Å². The van der Waals surface area contributed by atoms with Gasteiger partial charge in [0.15, 0.2) is 5.43 Å². The van der Waals surface area contributed by atoms with Crippen molar-refractivity contribution in [2.75, 3.05) is 46.5 Å². The Morgan fingerprint density at radius 1 is 1.09 bits per heavy atom. The van der Waals surface area contributed by atoms with Crippen LogP contribution in [0.4, 0.5) is 4.39 Å². The van der Waals surface area contributed by atoms with Gasteiger partial charge in [-0.1, -0.05) is 18.2 Å². The van der Waals surface area contributed by atoms with Gasteiger partial charge in [-0.2, -0.15) is 0 Å². The molecule has 1 aromatic heterocycles. The van der Waals surface area contributed by atoms with Crippen LogP contribution in [0.1, 0.15) is 34.1 Å². The number of para-hydroxylation sites is 1. The van der Waals surface area contributed by atoms with Crippen LogP contribution in [0.15, 0.2) is 51.7 Å². The lowest BCUT2D eigenvalue weighted by atomic mass is 9.97. The van der Waals surface area contributed by atoms with E-state index in [2.05, 4.69) is 4.90 Å². The van der Waals surface area contributed by atoms with Gasteiger partial charge in [0.1, 0.15) is 17.1 Å². The molecular formula is C25H25FN2O5. The minimum atomic E-state index is -0.669. The highest BCUT2D eigenvalue weighted by atomic mass is 19.1. The third-order valence-corrected chi connectivity index (χ3v) is 6.34. The highest BCUT2D eigenvalue weighted by Crippen LogP contribution is 2.41. The predicted molar refractivity (Wildman–Crippen MR) is 120 cm³/mol. The molecule has 1 atom stereocenters. The van der Waals surface area contributed by atoms with E-state index < -0.39 is 17.3 Å². The molecule has 2 aliphatic rings. The molecule has 8 heteroatoms. The zero-order chi connectivity index (χ0) is 22.9. The number of methoxy groups -OCH3 is 1. The molecule has 0 bridgehead atoms. The van der Waals surface area contributed by atoms with Crippen LogP contribution in [0.5, 0.6) is 5.75 Å². The van der Waals surface area contributed by atoms with Crippen LogP contribution in [0.25, 0.3) is 11.0 Å². The van der Waals surface area contributed by atoms with Crippen molar-refractivity contribution in [1.29, 1.82) is 0 Å². The normalized spacial score (nSPS) is 18.7. The molecule has 0 saturated carbocycles. The van der Waals surface area contributed by atoms with E-state index in [9.17, 15) is 14.0 Å². The van der Waals surface area contributed by atoms with Crippen molar-refractivity contribution in [2.24, 2.45) is 0 Å². The summed E-state index contributed by atoms with van der Waals surface area (Å²) in [7, 11) is 1.55. The summed E-state index contributed by atoms with van der Waals surface area (Å²) in [5, 5.41) is 0.122. The first kappa shape index (κ1) is 21.6. The molecule has 172 valence electrons. The Morgan fingerprint density at radius 2 is 1.88 bits per heavy atom. The second-order valence-electron chi connectivity index (χ2n) is 8.27. The Balaban J connectivity index is 1.57. The summed E-state index contributed by atoms with van der Waals surface area (Å²) in [6, 6.07) is 10.4. The number of fused-ring (bicyclic) bond motifs is 2. The Labute approximate surface area is 190 Å². The summed E-state index contributed by atoms with van der Waals surface area (Å²) in [5.74, 6) is -0.289. The first-order valence-corrected chi connectivity index (χ1v) is 11.1. The van der Waals surface area contributed by atoms with Gasteiger partial charge in [0, 0.05) is 31.7 Å². The molecular weight excluding hydrogens is 427 g/mol. The average molecular weight is 452 g/mol. The Hall–Kier alpha value is -3.23. The average Bonchev–Trinajstić information content (AvgIpc) is 3.12. The number of carbonyl (C=O) groups is 1. The predicted octanol–water partition coefficient (Wildman–Crippen LogP) is 3.21. The lowest BCUT2D eigenvalue weighted by Gasteiger charge is -2.29. The van der Waals surface area contributed by atoms with E-state index in [4.69, 9.17) is 13.9 Å². The van der Waals surface area contributed by atoms with Crippen molar-refractivity contribution in [1.82, 2.24) is 9.80 Å². The Kier molecular flexibility index (Phi) is 5.86. The maximum absolute atomic E-state index is 13.9. The molecule has 7 nitrogen and oxygen atoms in total. The number of carbonyl (C=O) groups excluding carboxylic acids is 1. The Bertz CT molecular complexity index is 1250. The SMILES string of the molecule is COc1ccccc1C1c2c(oc3ccc(F)cc3c2=O)C(=O)N1CCCN1CCOCC1. The quantitative estimate of drug-likeness (QED) is 0.572. The smallest absolute Gasteiger partial charge is 0.290 e. The number of nitrogens with zero attached hydrogens (tertiary/aromatic N) is 2. The Morgan fingerprint density at radius 3 is 2.67 bits per heavy atom. The maximum atomic E-state index is 13.9. The number of hydrogen-bond donors (Lipinski definition) is 0. The maximum Gasteiger partial charge on any atom is 0.290 e. The zero-order valence-corrected chi connectivity index (χ0v) is 18.4. The summed E-state index contributed by atoms with van der Waals surface area (Å²) in [4.78, 5) is 30.9. The minimum Gasteiger partial charge on any atom is -0.496 e. The van der Waals surface area contributed by atoms with Crippen molar-refractivity contribution >= 4 is 16.9 Å². The van der Waals surface area contributed by atoms with Crippen LogP contribution in [0, 0.1) is 5.82 Å². The summed E-state index contributed by atoms with van der Waals surface area (Å²) in [6.45, 7) is 4.39. The fourth-order valence-corrected chi connectivity index (χ4v) is 4.73. The van der Waals surface area contributed by atoms with Gasteiger partial charge in [-0.15, -0.1) is 0 Å². The van der Waals surface area contributed by atoms with Crippen LogP contribution in [-0.2, 0) is 4.74 Å². The number of hydrogen-bond acceptors (Lipinski definition) is 6. The van der Waals surface area contributed by atoms with Crippen molar-refractivity contribution in [3.05, 3.63) is 75.4 Å². The number of amides is 1. The largest absolute Gasteiger partial charge is 0.496 e. The standard InChI is InChI=1S/C25H25FN2O5/c1-31-19-6-3-2-5-17(19)22-21-23(29)18-15-16(26)7-8-20(18)33-24(21)25(30)28(22)10-4-9-27-11-13-32-14-12-27/h2-3,5-8,15,22H,4,9-14H2,1H3. The summed E-state index contributed by atoms with van der Waals surface area (Å²) >= 11 is 0. The van der Waals surface area contributed by atoms with Crippen molar-refractivity contribution in [3.8, 4) is 5.75 Å². The highest BCUT2D eigenvalue weighted by Gasteiger charge is 2.43. The number of halogens is 1. The molecule has 33 heavy (non-hydrogen) atoms. The van der Waals surface area contributed by atoms with Gasteiger partial charge in [0.2, 0.25) is 5.76 Å². The number of rotatable bonds is 6. The molecule has 3 aromatic rings. The van der Waals surface area contributed by atoms with Crippen molar-refractivity contribution in [3.63, 3.8) is 0 Å². The number of morpholine rings is 1. The summed E-state index contributed by atoms with van der Waals surface area (Å²) < 4.78 is 30.7. The fraction of sp³-hybridized carbons (Fsp3) is 0.360. The fourth-order valence-electron chi connectivity index (χ4n) is 4.73. The van der Waals surface area contributed by atoms with Crippen LogP contribution < -0.4 is 10.2 Å². The first-order valence-electron chi connectivity index (χ1n) is 11.1. The molecule has 1 saturated heterocycles. The molecule has 5 rings (SSSR count). The van der Waals surface area contributed by atoms with Crippen molar-refractivity contribution < 1.29 is 23.1 Å². The molecule has 1 unspecified atom stereocenters. The van der Waals surface area contributed by atoms with Crippen LogP contribution in [0.2, 0.25) is 0 Å². The van der Waals surface area contributed by atoms with Crippen LogP contribution in [0.3, 0.4) is 0 Å². The zero-order valence-electron chi connectivity index (χ0n) is 18.4. The van der Waals surface area contributed by atoms with Gasteiger partial charge >= 0.3 is 0 Å². The topological polar surface area (TPSA) is 72.2 Å². The third-order valence-electron chi connectivity index (χ3n) is 6.34. The molecule has 2 aromatic carbocycles. The third kappa shape index (κ3) is 3.89. The molecule has 1 fully saturated rings. The second kappa shape index (κ2) is 8.96. The minimum absolute atomic E-state index is 0.0152. The van der Waals surface area contributed by atoms with Gasteiger partial charge in [-0.3, -0.25) is 14.5 Å². The molecule has 2 aliphatic heterocycles. The first-order chi connectivity index (χ1) is 16.1. The number of benzene rings is 2. The van der Waals surface area contributed by atoms with Crippen molar-refractivity contribution in [2.45, 2.75) is 12.5 Å². The molecule has 0 N–H and O–H groups in total. The number of ether oxygens (including phenoxy) is 2. The summed E-state index contributed by atoms with van der Waals surface area (Å²) in [5.41, 5.74) is 0.726. The van der Waals surface area contributed by atoms with Crippen LogP contribution in [-0.4, -0.2) is 62.2 Å². The van der Waals surface area contributed by atoms with Gasteiger partial charge in [-0.25, -0.2) is 4.39 Å². The monoisotopic (exact) mass is 452 g/mol. The van der Waals surface area contributed by atoms with E-state index in [1.165, 1.54) is 12.1 Å². The highest BCUT2D eigenvalue weighted by molar-refractivity contribution is 5.99. The van der Waals surface area contributed by atoms with Crippen LogP contribution >= 0.6 is 0 Å². The lowest BCUT2D eigenvalue weighted by molar-refractivity contribution is 0.0353. The van der Waals surface area contributed by atoms with E-state index in [1.54, 1.807) is 18.1 Å². The van der Waals surface area contributed by atoms with Gasteiger partial charge in [0.25, 0.3) is 5.91 Å². The molecule has 1 amide bonds.